The van der Waals surface area contributed by atoms with E-state index in [-0.39, 0.29) is 12.2 Å². The minimum atomic E-state index is 0.0625. The zero-order valence-electron chi connectivity index (χ0n) is 10.00. The summed E-state index contributed by atoms with van der Waals surface area (Å²) >= 11 is 0. The molecule has 1 aromatic heterocycles. The van der Waals surface area contributed by atoms with Crippen molar-refractivity contribution < 1.29 is 14.3 Å². The summed E-state index contributed by atoms with van der Waals surface area (Å²) in [6.45, 7) is 1.50. The summed E-state index contributed by atoms with van der Waals surface area (Å²) in [5, 5.41) is 0. The molecule has 1 fully saturated rings. The Balaban J connectivity index is 2.10. The molecule has 0 aliphatic carbocycles. The second-order valence-corrected chi connectivity index (χ2v) is 4.02. The molecule has 1 aliphatic rings. The van der Waals surface area contributed by atoms with Crippen LogP contribution in [-0.4, -0.2) is 50.8 Å². The molecule has 0 saturated carbocycles. The van der Waals surface area contributed by atoms with E-state index in [4.69, 9.17) is 9.47 Å². The van der Waals surface area contributed by atoms with Gasteiger partial charge in [0.25, 0.3) is 0 Å². The fourth-order valence-corrected chi connectivity index (χ4v) is 2.04. The summed E-state index contributed by atoms with van der Waals surface area (Å²) in [5.41, 5.74) is 0.583. The first-order valence-electron chi connectivity index (χ1n) is 5.50. The van der Waals surface area contributed by atoms with Crippen LogP contribution < -0.4 is 4.90 Å². The highest BCUT2D eigenvalue weighted by atomic mass is 16.5. The lowest BCUT2D eigenvalue weighted by Crippen LogP contribution is -2.27. The molecule has 0 spiro atoms. The van der Waals surface area contributed by atoms with Gasteiger partial charge < -0.3 is 14.4 Å². The van der Waals surface area contributed by atoms with Crippen LogP contribution in [0.1, 0.15) is 10.4 Å². The lowest BCUT2D eigenvalue weighted by atomic mass is 10.3. The molecule has 2 heterocycles. The number of rotatable bonds is 4. The molecule has 0 bridgehead atoms. The van der Waals surface area contributed by atoms with Crippen molar-refractivity contribution >= 4 is 12.1 Å². The smallest absolute Gasteiger partial charge is 0.151 e. The third-order valence-electron chi connectivity index (χ3n) is 3.05. The van der Waals surface area contributed by atoms with Crippen LogP contribution in [0.25, 0.3) is 0 Å². The van der Waals surface area contributed by atoms with Crippen LogP contribution in [0.4, 0.5) is 5.82 Å². The molecule has 1 aromatic rings. The molecular weight excluding hydrogens is 220 g/mol. The highest BCUT2D eigenvalue weighted by Gasteiger charge is 2.33. The molecule has 5 nitrogen and oxygen atoms in total. The Hall–Kier alpha value is -1.46. The summed E-state index contributed by atoms with van der Waals surface area (Å²) in [6, 6.07) is 3.60. The number of aromatic nitrogens is 1. The molecule has 1 aliphatic heterocycles. The van der Waals surface area contributed by atoms with Gasteiger partial charge in [-0.05, 0) is 12.1 Å². The quantitative estimate of drug-likeness (QED) is 0.722. The summed E-state index contributed by atoms with van der Waals surface area (Å²) < 4.78 is 10.7. The fourth-order valence-electron chi connectivity index (χ4n) is 2.04. The molecule has 5 heteroatoms. The van der Waals surface area contributed by atoms with E-state index in [9.17, 15) is 4.79 Å². The van der Waals surface area contributed by atoms with Crippen LogP contribution in [0.5, 0.6) is 0 Å². The lowest BCUT2D eigenvalue weighted by Gasteiger charge is -2.16. The topological polar surface area (TPSA) is 51.7 Å². The summed E-state index contributed by atoms with van der Waals surface area (Å²) in [4.78, 5) is 16.9. The second-order valence-electron chi connectivity index (χ2n) is 4.02. The van der Waals surface area contributed by atoms with Crippen molar-refractivity contribution in [2.75, 3.05) is 32.2 Å². The third kappa shape index (κ3) is 2.45. The number of ether oxygens (including phenoxy) is 2. The molecule has 1 saturated heterocycles. The van der Waals surface area contributed by atoms with Crippen molar-refractivity contribution in [3.8, 4) is 0 Å². The lowest BCUT2D eigenvalue weighted by molar-refractivity contribution is -0.00461. The molecule has 0 aromatic carbocycles. The first-order valence-corrected chi connectivity index (χ1v) is 5.50. The summed E-state index contributed by atoms with van der Waals surface area (Å²) in [5.74, 6) is 0.845. The number of carbonyl (C=O) groups excluding carboxylic acids is 1. The maximum atomic E-state index is 10.5. The van der Waals surface area contributed by atoms with Gasteiger partial charge in [-0.15, -0.1) is 0 Å². The zero-order chi connectivity index (χ0) is 12.3. The Morgan fingerprint density at radius 1 is 1.29 bits per heavy atom. The standard InChI is InChI=1S/C12H16N2O3/c1-16-10-6-14(7-11(10)17-2)12-4-3-9(8-15)5-13-12/h3-5,8,10-11H,6-7H2,1-2H3. The van der Waals surface area contributed by atoms with Gasteiger partial charge in [-0.1, -0.05) is 0 Å². The maximum Gasteiger partial charge on any atom is 0.151 e. The minimum Gasteiger partial charge on any atom is -0.377 e. The van der Waals surface area contributed by atoms with Gasteiger partial charge in [0, 0.05) is 39.1 Å². The summed E-state index contributed by atoms with van der Waals surface area (Å²) in [6.07, 6.45) is 2.49. The van der Waals surface area contributed by atoms with E-state index in [1.54, 1.807) is 26.5 Å². The van der Waals surface area contributed by atoms with Crippen molar-refractivity contribution in [2.45, 2.75) is 12.2 Å². The molecule has 2 atom stereocenters. The number of aldehydes is 1. The molecular formula is C12H16N2O3. The van der Waals surface area contributed by atoms with Gasteiger partial charge in [0.1, 0.15) is 18.0 Å². The van der Waals surface area contributed by atoms with Crippen molar-refractivity contribution in [3.05, 3.63) is 23.9 Å². The van der Waals surface area contributed by atoms with E-state index < -0.39 is 0 Å². The van der Waals surface area contributed by atoms with Crippen LogP contribution >= 0.6 is 0 Å². The Morgan fingerprint density at radius 3 is 2.35 bits per heavy atom. The molecule has 0 amide bonds. The van der Waals surface area contributed by atoms with Gasteiger partial charge >= 0.3 is 0 Å². The molecule has 0 radical (unpaired) electrons. The van der Waals surface area contributed by atoms with E-state index in [2.05, 4.69) is 9.88 Å². The number of pyridine rings is 1. The van der Waals surface area contributed by atoms with Crippen LogP contribution in [0.2, 0.25) is 0 Å². The summed E-state index contributed by atoms with van der Waals surface area (Å²) in [7, 11) is 3.37. The van der Waals surface area contributed by atoms with Crippen LogP contribution in [0.15, 0.2) is 18.3 Å². The van der Waals surface area contributed by atoms with E-state index >= 15 is 0 Å². The van der Waals surface area contributed by atoms with E-state index in [0.717, 1.165) is 25.2 Å². The van der Waals surface area contributed by atoms with Gasteiger partial charge in [-0.2, -0.15) is 0 Å². The fraction of sp³-hybridized carbons (Fsp3) is 0.500. The number of hydrogen-bond acceptors (Lipinski definition) is 5. The Labute approximate surface area is 100 Å². The maximum absolute atomic E-state index is 10.5. The SMILES string of the molecule is COC1CN(c2ccc(C=O)cn2)CC1OC. The molecule has 2 unspecified atom stereocenters. The number of nitrogens with zero attached hydrogens (tertiary/aromatic N) is 2. The van der Waals surface area contributed by atoms with Crippen molar-refractivity contribution in [1.82, 2.24) is 4.98 Å². The molecule has 2 rings (SSSR count). The van der Waals surface area contributed by atoms with Crippen molar-refractivity contribution in [1.29, 1.82) is 0 Å². The van der Waals surface area contributed by atoms with Gasteiger partial charge in [-0.25, -0.2) is 4.98 Å². The Morgan fingerprint density at radius 2 is 1.94 bits per heavy atom. The van der Waals surface area contributed by atoms with Gasteiger partial charge in [0.05, 0.1) is 0 Å². The first-order chi connectivity index (χ1) is 8.28. The largest absolute Gasteiger partial charge is 0.377 e. The minimum absolute atomic E-state index is 0.0625. The van der Waals surface area contributed by atoms with Crippen LogP contribution in [-0.2, 0) is 9.47 Å². The average Bonchev–Trinajstić information content (AvgIpc) is 2.82. The van der Waals surface area contributed by atoms with Gasteiger partial charge in [0.15, 0.2) is 6.29 Å². The number of hydrogen-bond donors (Lipinski definition) is 0. The van der Waals surface area contributed by atoms with E-state index in [1.807, 2.05) is 6.07 Å². The van der Waals surface area contributed by atoms with Gasteiger partial charge in [0.2, 0.25) is 0 Å². The molecule has 0 N–H and O–H groups in total. The Kier molecular flexibility index (Phi) is 3.71. The molecule has 17 heavy (non-hydrogen) atoms. The number of methoxy groups -OCH3 is 2. The average molecular weight is 236 g/mol. The first kappa shape index (κ1) is 12.0. The van der Waals surface area contributed by atoms with Crippen molar-refractivity contribution in [3.63, 3.8) is 0 Å². The van der Waals surface area contributed by atoms with E-state index in [0.29, 0.717) is 5.56 Å². The highest BCUT2D eigenvalue weighted by Crippen LogP contribution is 2.21. The highest BCUT2D eigenvalue weighted by molar-refractivity contribution is 5.74. The predicted octanol–water partition coefficient (Wildman–Crippen LogP) is 0.744. The number of carbonyl (C=O) groups is 1. The predicted molar refractivity (Wildman–Crippen MR) is 63.4 cm³/mol. The van der Waals surface area contributed by atoms with Gasteiger partial charge in [-0.3, -0.25) is 4.79 Å². The monoisotopic (exact) mass is 236 g/mol. The van der Waals surface area contributed by atoms with Crippen molar-refractivity contribution in [2.24, 2.45) is 0 Å². The second kappa shape index (κ2) is 5.25. The van der Waals surface area contributed by atoms with Crippen LogP contribution in [0, 0.1) is 0 Å². The Bertz CT molecular complexity index is 368. The normalized spacial score (nSPS) is 24.0. The van der Waals surface area contributed by atoms with Crippen LogP contribution in [0.3, 0.4) is 0 Å². The molecule has 92 valence electrons. The third-order valence-corrected chi connectivity index (χ3v) is 3.05. The number of anilines is 1. The zero-order valence-corrected chi connectivity index (χ0v) is 10.00. The van der Waals surface area contributed by atoms with E-state index in [1.165, 1.54) is 0 Å².